The molecule has 5 nitrogen and oxygen atoms in total. The van der Waals surface area contributed by atoms with Gasteiger partial charge < -0.3 is 19.9 Å². The van der Waals surface area contributed by atoms with Gasteiger partial charge in [0.05, 0.1) is 13.7 Å². The van der Waals surface area contributed by atoms with Gasteiger partial charge in [-0.15, -0.1) is 0 Å². The highest BCUT2D eigenvalue weighted by molar-refractivity contribution is 5.69. The van der Waals surface area contributed by atoms with Gasteiger partial charge in [0.1, 0.15) is 11.4 Å². The van der Waals surface area contributed by atoms with Crippen molar-refractivity contribution in [3.05, 3.63) is 53.6 Å². The van der Waals surface area contributed by atoms with Crippen molar-refractivity contribution < 1.29 is 19.4 Å². The van der Waals surface area contributed by atoms with Crippen LogP contribution < -0.4 is 10.1 Å². The molecule has 0 unspecified atom stereocenters. The van der Waals surface area contributed by atoms with Crippen molar-refractivity contribution in [2.45, 2.75) is 39.5 Å². The number of aliphatic hydroxyl groups is 1. The number of carbonyl (C=O) groups excluding carboxylic acids is 1. The van der Waals surface area contributed by atoms with E-state index < -0.39 is 11.7 Å². The molecule has 2 aromatic rings. The Morgan fingerprint density at radius 3 is 2.48 bits per heavy atom. The average Bonchev–Trinajstić information content (AvgIpc) is 2.58. The number of nitrogens with one attached hydrogen (secondary N) is 1. The molecule has 0 aliphatic heterocycles. The van der Waals surface area contributed by atoms with Crippen LogP contribution in [0.15, 0.2) is 42.5 Å². The number of carbonyl (C=O) groups is 1. The Hall–Kier alpha value is -2.53. The summed E-state index contributed by atoms with van der Waals surface area (Å²) in [5.41, 5.74) is 3.13. The first-order chi connectivity index (χ1) is 11.8. The predicted octanol–water partition coefficient (Wildman–Crippen LogP) is 3.88. The fraction of sp³-hybridized carbons (Fsp3) is 0.350. The van der Waals surface area contributed by atoms with E-state index in [0.717, 1.165) is 22.3 Å². The largest absolute Gasteiger partial charge is 0.496 e. The van der Waals surface area contributed by atoms with Gasteiger partial charge in [0, 0.05) is 12.1 Å². The highest BCUT2D eigenvalue weighted by atomic mass is 16.6. The average molecular weight is 343 g/mol. The smallest absolute Gasteiger partial charge is 0.407 e. The van der Waals surface area contributed by atoms with E-state index in [9.17, 15) is 9.90 Å². The van der Waals surface area contributed by atoms with Crippen LogP contribution in [-0.2, 0) is 17.9 Å². The molecule has 0 bridgehead atoms. The monoisotopic (exact) mass is 343 g/mol. The molecule has 0 saturated carbocycles. The summed E-state index contributed by atoms with van der Waals surface area (Å²) in [5.74, 6) is 0.693. The number of hydrogen-bond donors (Lipinski definition) is 2. The number of ether oxygens (including phenoxy) is 2. The summed E-state index contributed by atoms with van der Waals surface area (Å²) in [5, 5.41) is 12.1. The molecular weight excluding hydrogens is 318 g/mol. The molecule has 0 fully saturated rings. The van der Waals surface area contributed by atoms with Crippen molar-refractivity contribution in [1.29, 1.82) is 0 Å². The molecule has 0 aliphatic rings. The van der Waals surface area contributed by atoms with Crippen molar-refractivity contribution in [2.75, 3.05) is 7.11 Å². The molecule has 0 heterocycles. The van der Waals surface area contributed by atoms with Crippen LogP contribution in [-0.4, -0.2) is 23.9 Å². The molecule has 2 N–H and O–H groups in total. The molecule has 2 rings (SSSR count). The van der Waals surface area contributed by atoms with Crippen LogP contribution in [0.25, 0.3) is 11.1 Å². The second kappa shape index (κ2) is 8.03. The summed E-state index contributed by atoms with van der Waals surface area (Å²) < 4.78 is 10.6. The van der Waals surface area contributed by atoms with Crippen molar-refractivity contribution in [1.82, 2.24) is 5.32 Å². The molecule has 25 heavy (non-hydrogen) atoms. The summed E-state index contributed by atoms with van der Waals surface area (Å²) in [7, 11) is 1.60. The molecule has 0 saturated heterocycles. The topological polar surface area (TPSA) is 67.8 Å². The van der Waals surface area contributed by atoms with Crippen LogP contribution in [0.4, 0.5) is 4.79 Å². The Morgan fingerprint density at radius 1 is 1.12 bits per heavy atom. The quantitative estimate of drug-likeness (QED) is 0.864. The lowest BCUT2D eigenvalue weighted by atomic mass is 10.0. The minimum atomic E-state index is -0.541. The third kappa shape index (κ3) is 5.50. The fourth-order valence-electron chi connectivity index (χ4n) is 2.43. The molecule has 2 aromatic carbocycles. The lowest BCUT2D eigenvalue weighted by Gasteiger charge is -2.20. The van der Waals surface area contributed by atoms with Gasteiger partial charge >= 0.3 is 6.09 Å². The van der Waals surface area contributed by atoms with E-state index in [1.807, 2.05) is 63.2 Å². The van der Waals surface area contributed by atoms with Gasteiger partial charge in [0.15, 0.2) is 0 Å². The molecule has 0 aliphatic carbocycles. The number of aliphatic hydroxyl groups excluding tert-OH is 1. The third-order valence-corrected chi connectivity index (χ3v) is 3.55. The normalized spacial score (nSPS) is 11.1. The van der Waals surface area contributed by atoms with Crippen LogP contribution in [0, 0.1) is 0 Å². The van der Waals surface area contributed by atoms with Gasteiger partial charge in [0.2, 0.25) is 0 Å². The third-order valence-electron chi connectivity index (χ3n) is 3.55. The molecular formula is C20H25NO4. The molecule has 5 heteroatoms. The highest BCUT2D eigenvalue weighted by Gasteiger charge is 2.16. The van der Waals surface area contributed by atoms with Gasteiger partial charge in [-0.1, -0.05) is 24.3 Å². The van der Waals surface area contributed by atoms with Gasteiger partial charge in [-0.25, -0.2) is 4.79 Å². The number of rotatable bonds is 5. The summed E-state index contributed by atoms with van der Waals surface area (Å²) in [6.45, 7) is 5.76. The summed E-state index contributed by atoms with van der Waals surface area (Å²) >= 11 is 0. The lowest BCUT2D eigenvalue weighted by molar-refractivity contribution is 0.0523. The van der Waals surface area contributed by atoms with Crippen molar-refractivity contribution in [2.24, 2.45) is 0 Å². The summed E-state index contributed by atoms with van der Waals surface area (Å²) in [6.07, 6.45) is -0.470. The van der Waals surface area contributed by atoms with Crippen molar-refractivity contribution in [3.8, 4) is 16.9 Å². The van der Waals surface area contributed by atoms with Crippen molar-refractivity contribution >= 4 is 6.09 Å². The maximum Gasteiger partial charge on any atom is 0.407 e. The lowest BCUT2D eigenvalue weighted by Crippen LogP contribution is -2.32. The standard InChI is InChI=1S/C20H25NO4/c1-20(2,3)25-19(23)21-12-17-11-16(8-9-18(17)24-4)15-7-5-6-14(10-15)13-22/h5-11,22H,12-13H2,1-4H3,(H,21,23). The van der Waals surface area contributed by atoms with Crippen LogP contribution in [0.5, 0.6) is 5.75 Å². The Balaban J connectivity index is 2.20. The first-order valence-corrected chi connectivity index (χ1v) is 8.16. The summed E-state index contributed by atoms with van der Waals surface area (Å²) in [4.78, 5) is 11.9. The van der Waals surface area contributed by atoms with E-state index in [1.54, 1.807) is 7.11 Å². The molecule has 0 radical (unpaired) electrons. The Bertz CT molecular complexity index is 735. The summed E-state index contributed by atoms with van der Waals surface area (Å²) in [6, 6.07) is 13.5. The van der Waals surface area contributed by atoms with Crippen LogP contribution in [0.2, 0.25) is 0 Å². The number of hydrogen-bond acceptors (Lipinski definition) is 4. The number of benzene rings is 2. The molecule has 1 amide bonds. The second-order valence-corrected chi connectivity index (χ2v) is 6.74. The Morgan fingerprint density at radius 2 is 1.84 bits per heavy atom. The number of amides is 1. The van der Waals surface area contributed by atoms with E-state index in [4.69, 9.17) is 9.47 Å². The van der Waals surface area contributed by atoms with Gasteiger partial charge in [-0.05, 0) is 55.7 Å². The maximum atomic E-state index is 11.9. The molecule has 0 atom stereocenters. The van der Waals surface area contributed by atoms with E-state index >= 15 is 0 Å². The minimum Gasteiger partial charge on any atom is -0.496 e. The van der Waals surface area contributed by atoms with Crippen LogP contribution in [0.3, 0.4) is 0 Å². The number of alkyl carbamates (subject to hydrolysis) is 1. The van der Waals surface area contributed by atoms with Crippen molar-refractivity contribution in [3.63, 3.8) is 0 Å². The minimum absolute atomic E-state index is 0.00293. The zero-order valence-electron chi connectivity index (χ0n) is 15.1. The highest BCUT2D eigenvalue weighted by Crippen LogP contribution is 2.27. The zero-order valence-corrected chi connectivity index (χ0v) is 15.1. The van der Waals surface area contributed by atoms with Crippen LogP contribution in [0.1, 0.15) is 31.9 Å². The number of methoxy groups -OCH3 is 1. The second-order valence-electron chi connectivity index (χ2n) is 6.74. The van der Waals surface area contributed by atoms with Gasteiger partial charge in [0.25, 0.3) is 0 Å². The molecule has 134 valence electrons. The first-order valence-electron chi connectivity index (χ1n) is 8.16. The van der Waals surface area contributed by atoms with E-state index in [0.29, 0.717) is 12.3 Å². The van der Waals surface area contributed by atoms with E-state index in [1.165, 1.54) is 0 Å². The van der Waals surface area contributed by atoms with Gasteiger partial charge in [-0.2, -0.15) is 0 Å². The van der Waals surface area contributed by atoms with Crippen LogP contribution >= 0.6 is 0 Å². The Labute approximate surface area is 148 Å². The first kappa shape index (κ1) is 18.8. The fourth-order valence-corrected chi connectivity index (χ4v) is 2.43. The Kier molecular flexibility index (Phi) is 6.04. The van der Waals surface area contributed by atoms with Gasteiger partial charge in [-0.3, -0.25) is 0 Å². The maximum absolute atomic E-state index is 11.9. The zero-order chi connectivity index (χ0) is 18.4. The predicted molar refractivity (Wildman–Crippen MR) is 97.4 cm³/mol. The molecule has 0 spiro atoms. The SMILES string of the molecule is COc1ccc(-c2cccc(CO)c2)cc1CNC(=O)OC(C)(C)C. The molecule has 0 aromatic heterocycles. The van der Waals surface area contributed by atoms with E-state index in [2.05, 4.69) is 5.32 Å². The van der Waals surface area contributed by atoms with E-state index in [-0.39, 0.29) is 6.61 Å².